The van der Waals surface area contributed by atoms with Crippen LogP contribution in [0.2, 0.25) is 0 Å². The third kappa shape index (κ3) is 5.13. The second-order valence-corrected chi connectivity index (χ2v) is 12.0. The monoisotopic (exact) mass is 641 g/mol. The molecule has 4 aromatic heterocycles. The van der Waals surface area contributed by atoms with E-state index in [1.54, 1.807) is 11.8 Å². The maximum Gasteiger partial charge on any atom is 0.246 e. The Morgan fingerprint density at radius 1 is 1.13 bits per heavy atom. The summed E-state index contributed by atoms with van der Waals surface area (Å²) in [5.74, 6) is -1.16. The molecule has 7 rings (SSSR count). The number of amides is 1. The highest BCUT2D eigenvalue weighted by Crippen LogP contribution is 2.47. The van der Waals surface area contributed by atoms with Crippen molar-refractivity contribution in [2.24, 2.45) is 0 Å². The van der Waals surface area contributed by atoms with Gasteiger partial charge in [-0.05, 0) is 48.7 Å². The molecule has 234 valence electrons. The number of ether oxygens (including phenoxy) is 2. The van der Waals surface area contributed by atoms with Gasteiger partial charge in [0.2, 0.25) is 5.91 Å². The van der Waals surface area contributed by atoms with Crippen molar-refractivity contribution in [2.75, 3.05) is 20.3 Å². The maximum absolute atomic E-state index is 16.0. The van der Waals surface area contributed by atoms with Gasteiger partial charge >= 0.3 is 0 Å². The number of rotatable bonds is 8. The summed E-state index contributed by atoms with van der Waals surface area (Å²) in [6, 6.07) is 11.3. The molecule has 0 bridgehead atoms. The first kappa shape index (κ1) is 29.8. The van der Waals surface area contributed by atoms with Crippen molar-refractivity contribution < 1.29 is 27.5 Å². The molecule has 46 heavy (non-hydrogen) atoms. The molecule has 0 N–H and O–H groups in total. The predicted octanol–water partition coefficient (Wildman–Crippen LogP) is 7.16. The molecule has 9 nitrogen and oxygen atoms in total. The van der Waals surface area contributed by atoms with Gasteiger partial charge in [-0.1, -0.05) is 6.58 Å². The number of aryl methyl sites for hydroxylation is 1. The fourth-order valence-corrected chi connectivity index (χ4v) is 6.89. The van der Waals surface area contributed by atoms with Gasteiger partial charge in [0.15, 0.2) is 11.5 Å². The van der Waals surface area contributed by atoms with Crippen molar-refractivity contribution in [3.05, 3.63) is 83.7 Å². The second-order valence-electron chi connectivity index (χ2n) is 11.1. The number of halogens is 2. The number of carbonyl (C=O) groups excluding carboxylic acids is 1. The quantitative estimate of drug-likeness (QED) is 0.129. The number of oxazole rings is 1. The zero-order chi connectivity index (χ0) is 32.1. The van der Waals surface area contributed by atoms with Gasteiger partial charge in [-0.2, -0.15) is 5.10 Å². The lowest BCUT2D eigenvalue weighted by Crippen LogP contribution is -2.44. The molecular formula is C34H29F2N5O4S. The summed E-state index contributed by atoms with van der Waals surface area (Å²) < 4.78 is 49.9. The second kappa shape index (κ2) is 11.8. The van der Waals surface area contributed by atoms with Gasteiger partial charge in [-0.15, -0.1) is 11.3 Å². The molecule has 0 saturated heterocycles. The standard InChI is InChI=1S/C34H29F2N5O4S/c1-5-29(42)40-17-22-15-26(39-41(22)16-18(40)2)33-31(30-24(36)13-21(35)14-28(30)44-10-9-43-4)34-23(8-11-46-34)32(38-33)20-6-7-27-25(12-20)37-19(3)45-27/h5-8,11-15,18H,1,9-10,16-17H2,2-4H3. The molecule has 1 aliphatic rings. The summed E-state index contributed by atoms with van der Waals surface area (Å²) in [7, 11) is 1.52. The first-order valence-corrected chi connectivity index (χ1v) is 15.5. The van der Waals surface area contributed by atoms with Crippen LogP contribution in [0.3, 0.4) is 0 Å². The Hall–Kier alpha value is -4.94. The van der Waals surface area contributed by atoms with Crippen LogP contribution < -0.4 is 4.74 Å². The van der Waals surface area contributed by atoms with Crippen molar-refractivity contribution in [2.45, 2.75) is 33.0 Å². The molecule has 0 spiro atoms. The molecule has 0 radical (unpaired) electrons. The van der Waals surface area contributed by atoms with Crippen LogP contribution in [0, 0.1) is 18.6 Å². The van der Waals surface area contributed by atoms with Gasteiger partial charge in [0, 0.05) is 53.4 Å². The Labute approximate surface area is 266 Å². The van der Waals surface area contributed by atoms with Crippen LogP contribution in [0.5, 0.6) is 5.75 Å². The minimum atomic E-state index is -0.794. The summed E-state index contributed by atoms with van der Waals surface area (Å²) >= 11 is 1.41. The van der Waals surface area contributed by atoms with Crippen LogP contribution >= 0.6 is 11.3 Å². The van der Waals surface area contributed by atoms with Gasteiger partial charge in [0.1, 0.15) is 40.9 Å². The molecule has 0 fully saturated rings. The number of pyridine rings is 1. The first-order valence-electron chi connectivity index (χ1n) is 14.7. The van der Waals surface area contributed by atoms with Crippen LogP contribution in [-0.2, 0) is 22.6 Å². The Kier molecular flexibility index (Phi) is 7.61. The Morgan fingerprint density at radius 2 is 1.98 bits per heavy atom. The highest BCUT2D eigenvalue weighted by atomic mass is 32.1. The lowest BCUT2D eigenvalue weighted by molar-refractivity contribution is -0.129. The lowest BCUT2D eigenvalue weighted by atomic mass is 9.96. The van der Waals surface area contributed by atoms with Gasteiger partial charge in [0.25, 0.3) is 0 Å². The summed E-state index contributed by atoms with van der Waals surface area (Å²) in [4.78, 5) is 24.0. The van der Waals surface area contributed by atoms with E-state index in [9.17, 15) is 9.18 Å². The maximum atomic E-state index is 16.0. The van der Waals surface area contributed by atoms with E-state index in [-0.39, 0.29) is 36.5 Å². The zero-order valence-electron chi connectivity index (χ0n) is 25.3. The van der Waals surface area contributed by atoms with Crippen LogP contribution in [0.1, 0.15) is 18.5 Å². The fraction of sp³-hybridized carbons (Fsp3) is 0.235. The highest BCUT2D eigenvalue weighted by Gasteiger charge is 2.30. The van der Waals surface area contributed by atoms with E-state index in [1.807, 2.05) is 47.3 Å². The normalized spacial score (nSPS) is 14.6. The molecule has 0 saturated carbocycles. The van der Waals surface area contributed by atoms with Crippen molar-refractivity contribution in [3.63, 3.8) is 0 Å². The van der Waals surface area contributed by atoms with E-state index in [4.69, 9.17) is 24.0 Å². The Morgan fingerprint density at radius 3 is 2.78 bits per heavy atom. The molecular weight excluding hydrogens is 612 g/mol. The number of hydrogen-bond donors (Lipinski definition) is 0. The number of aromatic nitrogens is 4. The highest BCUT2D eigenvalue weighted by molar-refractivity contribution is 7.18. The fourth-order valence-electron chi connectivity index (χ4n) is 5.94. The van der Waals surface area contributed by atoms with Gasteiger partial charge in [-0.3, -0.25) is 9.48 Å². The average Bonchev–Trinajstić information content (AvgIpc) is 3.77. The number of methoxy groups -OCH3 is 1. The van der Waals surface area contributed by atoms with Gasteiger partial charge in [0.05, 0.1) is 36.6 Å². The number of carbonyl (C=O) groups is 1. The van der Waals surface area contributed by atoms with E-state index < -0.39 is 11.6 Å². The average molecular weight is 642 g/mol. The third-order valence-corrected chi connectivity index (χ3v) is 8.99. The summed E-state index contributed by atoms with van der Waals surface area (Å²) in [6.45, 7) is 8.47. The number of hydrogen-bond acceptors (Lipinski definition) is 8. The molecule has 1 atom stereocenters. The van der Waals surface area contributed by atoms with Crippen molar-refractivity contribution in [1.82, 2.24) is 24.6 Å². The van der Waals surface area contributed by atoms with Crippen molar-refractivity contribution >= 4 is 38.4 Å². The zero-order valence-corrected chi connectivity index (χ0v) is 26.2. The van der Waals surface area contributed by atoms with Crippen LogP contribution in [-0.4, -0.2) is 56.9 Å². The van der Waals surface area contributed by atoms with E-state index in [2.05, 4.69) is 11.6 Å². The summed E-state index contributed by atoms with van der Waals surface area (Å²) in [5.41, 5.74) is 4.93. The van der Waals surface area contributed by atoms with Gasteiger partial charge < -0.3 is 18.8 Å². The lowest BCUT2D eigenvalue weighted by Gasteiger charge is -2.33. The van der Waals surface area contributed by atoms with Crippen molar-refractivity contribution in [1.29, 1.82) is 0 Å². The number of thiophene rings is 1. The van der Waals surface area contributed by atoms with Crippen molar-refractivity contribution in [3.8, 4) is 39.5 Å². The third-order valence-electron chi connectivity index (χ3n) is 8.05. The van der Waals surface area contributed by atoms with Crippen LogP contribution in [0.15, 0.2) is 64.9 Å². The molecule has 1 aliphatic heterocycles. The molecule has 1 unspecified atom stereocenters. The predicted molar refractivity (Wildman–Crippen MR) is 172 cm³/mol. The minimum absolute atomic E-state index is 0.0277. The van der Waals surface area contributed by atoms with E-state index in [0.717, 1.165) is 27.4 Å². The van der Waals surface area contributed by atoms with Crippen LogP contribution in [0.4, 0.5) is 8.78 Å². The molecule has 2 aromatic carbocycles. The molecule has 6 aromatic rings. The van der Waals surface area contributed by atoms with Gasteiger partial charge in [-0.25, -0.2) is 18.7 Å². The molecule has 12 heteroatoms. The van der Waals surface area contributed by atoms with Crippen LogP contribution in [0.25, 0.3) is 55.0 Å². The SMILES string of the molecule is C=CC(=O)N1Cc2cc(-c3nc(-c4ccc5oc(C)nc5c4)c4ccsc4c3-c3c(F)cc(F)cc3OCCOC)nn2CC1C. The smallest absolute Gasteiger partial charge is 0.246 e. The summed E-state index contributed by atoms with van der Waals surface area (Å²) in [5, 5.41) is 7.60. The topological polar surface area (TPSA) is 95.5 Å². The number of benzene rings is 2. The number of nitrogens with zero attached hydrogens (tertiary/aromatic N) is 5. The van der Waals surface area contributed by atoms with E-state index in [1.165, 1.54) is 30.6 Å². The molecule has 5 heterocycles. The minimum Gasteiger partial charge on any atom is -0.490 e. The van der Waals surface area contributed by atoms with E-state index >= 15 is 4.39 Å². The Balaban J connectivity index is 1.49. The van der Waals surface area contributed by atoms with E-state index in [0.29, 0.717) is 52.7 Å². The molecule has 0 aliphatic carbocycles. The number of fused-ring (bicyclic) bond motifs is 3. The Bertz CT molecular complexity index is 2150. The molecule has 1 amide bonds. The first-order chi connectivity index (χ1) is 22.2. The summed E-state index contributed by atoms with van der Waals surface area (Å²) in [6.07, 6.45) is 1.30. The largest absolute Gasteiger partial charge is 0.490 e.